The zero-order chi connectivity index (χ0) is 37.4. The second-order valence-corrected chi connectivity index (χ2v) is 17.0. The van der Waals surface area contributed by atoms with E-state index in [9.17, 15) is 0 Å². The van der Waals surface area contributed by atoms with Crippen LogP contribution in [0, 0.1) is 11.8 Å². The normalized spacial score (nSPS) is 29.9. The van der Waals surface area contributed by atoms with E-state index in [0.29, 0.717) is 23.7 Å². The van der Waals surface area contributed by atoms with Crippen molar-refractivity contribution in [2.75, 3.05) is 0 Å². The number of allylic oxidation sites excluding steroid dienone is 11. The van der Waals surface area contributed by atoms with Crippen LogP contribution >= 0.6 is 0 Å². The zero-order valence-corrected chi connectivity index (χ0v) is 32.7. The van der Waals surface area contributed by atoms with Gasteiger partial charge in [-0.3, -0.25) is 10.3 Å². The first-order chi connectivity index (χ1) is 26.9. The first-order valence-electron chi connectivity index (χ1n) is 20.9. The van der Waals surface area contributed by atoms with Gasteiger partial charge in [0.15, 0.2) is 0 Å². The number of amidine groups is 1. The Morgan fingerprint density at radius 3 is 2.44 bits per heavy atom. The Hall–Kier alpha value is -4.87. The molecule has 2 heterocycles. The second kappa shape index (κ2) is 15.3. The number of nitrogens with zero attached hydrogens (tertiary/aromatic N) is 3. The van der Waals surface area contributed by atoms with Gasteiger partial charge in [-0.15, -0.1) is 0 Å². The smallest absolute Gasteiger partial charge is 0.131 e. The Morgan fingerprint density at radius 1 is 0.800 bits per heavy atom. The third-order valence-corrected chi connectivity index (χ3v) is 13.0. The fourth-order valence-electron chi connectivity index (χ4n) is 9.75. The molecule has 2 aromatic carbocycles. The second-order valence-electron chi connectivity index (χ2n) is 17.0. The van der Waals surface area contributed by atoms with Gasteiger partial charge in [0.1, 0.15) is 18.2 Å². The summed E-state index contributed by atoms with van der Waals surface area (Å²) in [4.78, 5) is 16.4. The van der Waals surface area contributed by atoms with Crippen LogP contribution < -0.4 is 10.6 Å². The molecule has 0 amide bonds. The number of hydrogen-bond acceptors (Lipinski definition) is 5. The molecular formula is C50H55N5. The van der Waals surface area contributed by atoms with Gasteiger partial charge in [-0.1, -0.05) is 149 Å². The number of aromatic nitrogens is 2. The summed E-state index contributed by atoms with van der Waals surface area (Å²) in [6.45, 7) is 7.25. The van der Waals surface area contributed by atoms with Crippen LogP contribution in [0.15, 0.2) is 126 Å². The number of nitrogens with one attached hydrogen (secondary N) is 2. The van der Waals surface area contributed by atoms with Crippen LogP contribution in [-0.2, 0) is 11.8 Å². The molecule has 1 saturated carbocycles. The minimum Gasteiger partial charge on any atom is -0.350 e. The molecule has 5 nitrogen and oxygen atoms in total. The van der Waals surface area contributed by atoms with Crippen LogP contribution in [0.4, 0.5) is 0 Å². The summed E-state index contributed by atoms with van der Waals surface area (Å²) in [5, 5.41) is 7.78. The Morgan fingerprint density at radius 2 is 1.64 bits per heavy atom. The molecule has 9 rings (SSSR count). The largest absolute Gasteiger partial charge is 0.350 e. The molecule has 0 bridgehead atoms. The molecule has 1 aromatic heterocycles. The van der Waals surface area contributed by atoms with Gasteiger partial charge in [0.25, 0.3) is 0 Å². The predicted octanol–water partition coefficient (Wildman–Crippen LogP) is 11.1. The molecule has 55 heavy (non-hydrogen) atoms. The lowest BCUT2D eigenvalue weighted by atomic mass is 9.68. The molecule has 0 saturated heterocycles. The lowest BCUT2D eigenvalue weighted by Crippen LogP contribution is -2.52. The third kappa shape index (κ3) is 7.32. The number of hydrogen-bond donors (Lipinski definition) is 2. The molecule has 5 heteroatoms. The maximum atomic E-state index is 5.52. The van der Waals surface area contributed by atoms with Gasteiger partial charge in [0.2, 0.25) is 0 Å². The van der Waals surface area contributed by atoms with Gasteiger partial charge in [-0.2, -0.15) is 0 Å². The summed E-state index contributed by atoms with van der Waals surface area (Å²) in [5.41, 5.74) is 11.8. The van der Waals surface area contributed by atoms with Crippen molar-refractivity contribution < 1.29 is 0 Å². The van der Waals surface area contributed by atoms with Crippen LogP contribution in [-0.4, -0.2) is 22.0 Å². The van der Waals surface area contributed by atoms with E-state index in [-0.39, 0.29) is 17.7 Å². The molecule has 1 aliphatic heterocycles. The lowest BCUT2D eigenvalue weighted by Gasteiger charge is -2.39. The maximum Gasteiger partial charge on any atom is 0.131 e. The number of fused-ring (bicyclic) bond motifs is 1. The van der Waals surface area contributed by atoms with E-state index < -0.39 is 0 Å². The van der Waals surface area contributed by atoms with Crippen LogP contribution in [0.2, 0.25) is 0 Å². The van der Waals surface area contributed by atoms with E-state index in [0.717, 1.165) is 61.3 Å². The average molecular weight is 726 g/mol. The predicted molar refractivity (Wildman–Crippen MR) is 228 cm³/mol. The third-order valence-electron chi connectivity index (χ3n) is 13.0. The topological polar surface area (TPSA) is 62.2 Å². The lowest BCUT2D eigenvalue weighted by molar-refractivity contribution is 0.240. The van der Waals surface area contributed by atoms with Gasteiger partial charge >= 0.3 is 0 Å². The van der Waals surface area contributed by atoms with E-state index in [1.54, 1.807) is 0 Å². The zero-order valence-electron chi connectivity index (χ0n) is 32.7. The Labute approximate surface area is 328 Å². The van der Waals surface area contributed by atoms with Gasteiger partial charge in [0, 0.05) is 22.8 Å². The molecular weight excluding hydrogens is 671 g/mol. The van der Waals surface area contributed by atoms with Crippen molar-refractivity contribution in [1.82, 2.24) is 20.6 Å². The van der Waals surface area contributed by atoms with Gasteiger partial charge in [-0.25, -0.2) is 9.98 Å². The number of aliphatic imine (C=N–C) groups is 1. The first kappa shape index (κ1) is 35.8. The molecule has 6 unspecified atom stereocenters. The molecule has 5 aliphatic carbocycles. The van der Waals surface area contributed by atoms with E-state index in [4.69, 9.17) is 15.0 Å². The van der Waals surface area contributed by atoms with Crippen molar-refractivity contribution in [3.63, 3.8) is 0 Å². The maximum absolute atomic E-state index is 5.52. The summed E-state index contributed by atoms with van der Waals surface area (Å²) in [7, 11) is 0. The quantitative estimate of drug-likeness (QED) is 0.255. The van der Waals surface area contributed by atoms with Crippen molar-refractivity contribution in [1.29, 1.82) is 0 Å². The summed E-state index contributed by atoms with van der Waals surface area (Å²) in [6, 6.07) is 17.9. The summed E-state index contributed by atoms with van der Waals surface area (Å²) >= 11 is 0. The monoisotopic (exact) mass is 725 g/mol. The Kier molecular flexibility index (Phi) is 9.99. The molecule has 0 radical (unpaired) electrons. The molecule has 7 atom stereocenters. The Balaban J connectivity index is 1.05. The average Bonchev–Trinajstić information content (AvgIpc) is 3.24. The molecule has 280 valence electrons. The van der Waals surface area contributed by atoms with Gasteiger partial charge < -0.3 is 5.32 Å². The highest BCUT2D eigenvalue weighted by atomic mass is 15.3. The molecule has 1 fully saturated rings. The summed E-state index contributed by atoms with van der Waals surface area (Å²) in [6.07, 6.45) is 37.0. The van der Waals surface area contributed by atoms with Crippen LogP contribution in [0.25, 0.3) is 11.6 Å². The fraction of sp³-hybridized carbons (Fsp3) is 0.380. The van der Waals surface area contributed by atoms with E-state index >= 15 is 0 Å². The van der Waals surface area contributed by atoms with Crippen molar-refractivity contribution in [3.8, 4) is 0 Å². The minimum absolute atomic E-state index is 0.116. The number of aryl methyl sites for hydroxylation is 1. The van der Waals surface area contributed by atoms with Crippen LogP contribution in [0.1, 0.15) is 135 Å². The first-order valence-corrected chi connectivity index (χ1v) is 20.9. The van der Waals surface area contributed by atoms with E-state index in [1.807, 2.05) is 0 Å². The molecule has 3 aromatic rings. The van der Waals surface area contributed by atoms with Crippen molar-refractivity contribution in [3.05, 3.63) is 166 Å². The molecule has 0 spiro atoms. The Bertz CT molecular complexity index is 2180. The molecule has 2 N–H and O–H groups in total. The SMILES string of the molecule is CC1CCC[C@@H](C)C1c1nc2c(nc1C1(C)C=CC(C3NC(c4cccc(C5=CCCC=C5)c4)=NC(c4cccc(C5C=CC=CC5)c4)N3)=CC1)CCC=C2. The van der Waals surface area contributed by atoms with Crippen molar-refractivity contribution in [2.24, 2.45) is 16.8 Å². The van der Waals surface area contributed by atoms with Crippen LogP contribution in [0.3, 0.4) is 0 Å². The number of rotatable bonds is 7. The standard InChI is InChI=1S/C50H55N5/c1-33-15-12-16-34(2)44(33)45-46(52-43-26-11-10-25-42(43)51-45)50(3)29-27-37(28-30-50)47-53-48(40-23-13-21-38(31-40)35-17-6-4-7-18-35)55-49(54-47)41-24-14-22-39(32-41)36-19-8-5-9-20-36/h4,6-8,10,13-14,17,19-25,27-29,31-35,44,47-48,53H,5,9,11-12,15-16,18,26,30H2,1-3H3,(H,54,55)/t33-,34?,35?,44?,47?,48?,50?/m1/s1. The summed E-state index contributed by atoms with van der Waals surface area (Å²) in [5.74, 6) is 2.93. The minimum atomic E-state index is -0.240. The van der Waals surface area contributed by atoms with E-state index in [1.165, 1.54) is 58.5 Å². The van der Waals surface area contributed by atoms with Crippen molar-refractivity contribution >= 4 is 17.5 Å². The van der Waals surface area contributed by atoms with Gasteiger partial charge in [0.05, 0.1) is 22.8 Å². The van der Waals surface area contributed by atoms with Crippen molar-refractivity contribution in [2.45, 2.75) is 108 Å². The summed E-state index contributed by atoms with van der Waals surface area (Å²) < 4.78 is 0. The van der Waals surface area contributed by atoms with Crippen LogP contribution in [0.5, 0.6) is 0 Å². The fourth-order valence-corrected chi connectivity index (χ4v) is 9.75. The highest BCUT2D eigenvalue weighted by molar-refractivity contribution is 6.00. The van der Waals surface area contributed by atoms with Gasteiger partial charge in [-0.05, 0) is 90.3 Å². The highest BCUT2D eigenvalue weighted by Crippen LogP contribution is 2.46. The highest BCUT2D eigenvalue weighted by Gasteiger charge is 2.39. The molecule has 6 aliphatic rings. The number of benzene rings is 2. The van der Waals surface area contributed by atoms with E-state index in [2.05, 4.69) is 153 Å².